The minimum Gasteiger partial charge on any atom is -0.465 e. The van der Waals surface area contributed by atoms with Crippen LogP contribution in [0.3, 0.4) is 0 Å². The number of esters is 1. The molecular formula is C26H38N2O5S. The maximum Gasteiger partial charge on any atom is 0.311 e. The average Bonchev–Trinajstić information content (AvgIpc) is 3.09. The zero-order chi connectivity index (χ0) is 25.1. The van der Waals surface area contributed by atoms with Crippen molar-refractivity contribution in [3.05, 3.63) is 24.3 Å². The monoisotopic (exact) mass is 490 g/mol. The van der Waals surface area contributed by atoms with Crippen molar-refractivity contribution in [3.8, 4) is 0 Å². The van der Waals surface area contributed by atoms with Gasteiger partial charge in [-0.15, -0.1) is 11.8 Å². The Morgan fingerprint density at radius 2 is 1.88 bits per heavy atom. The van der Waals surface area contributed by atoms with E-state index in [2.05, 4.69) is 34.6 Å². The van der Waals surface area contributed by atoms with E-state index in [0.717, 1.165) is 6.42 Å². The Morgan fingerprint density at radius 1 is 1.18 bits per heavy atom. The molecule has 0 aromatic carbocycles. The van der Waals surface area contributed by atoms with Crippen molar-refractivity contribution in [2.45, 2.75) is 82.0 Å². The van der Waals surface area contributed by atoms with E-state index in [9.17, 15) is 19.5 Å². The normalized spacial score (nSPS) is 34.7. The maximum absolute atomic E-state index is 14.4. The van der Waals surface area contributed by atoms with Crippen molar-refractivity contribution in [1.82, 2.24) is 9.80 Å². The van der Waals surface area contributed by atoms with Gasteiger partial charge in [-0.3, -0.25) is 14.4 Å². The molecule has 0 saturated carbocycles. The number of carbonyl (C=O) groups excluding carboxylic acids is 3. The summed E-state index contributed by atoms with van der Waals surface area (Å²) in [5.41, 5.74) is -0.435. The molecule has 6 atom stereocenters. The molecule has 4 rings (SSSR count). The minimum atomic E-state index is -0.882. The Bertz CT molecular complexity index is 923. The molecule has 2 amide bonds. The van der Waals surface area contributed by atoms with Gasteiger partial charge in [0.25, 0.3) is 0 Å². The first-order valence-corrected chi connectivity index (χ1v) is 13.2. The Balaban J connectivity index is 1.83. The molecule has 4 aliphatic rings. The van der Waals surface area contributed by atoms with E-state index in [1.165, 1.54) is 11.8 Å². The highest BCUT2D eigenvalue weighted by Crippen LogP contribution is 2.61. The van der Waals surface area contributed by atoms with Crippen molar-refractivity contribution in [3.63, 3.8) is 0 Å². The number of thioether (sulfide) groups is 1. The largest absolute Gasteiger partial charge is 0.465 e. The third kappa shape index (κ3) is 4.00. The quantitative estimate of drug-likeness (QED) is 0.482. The number of carbonyl (C=O) groups is 3. The van der Waals surface area contributed by atoms with Gasteiger partial charge in [-0.1, -0.05) is 45.1 Å². The second kappa shape index (κ2) is 8.70. The lowest BCUT2D eigenvalue weighted by molar-refractivity contribution is -0.153. The number of aliphatic hydroxyl groups excluding tert-OH is 1. The van der Waals surface area contributed by atoms with Crippen LogP contribution in [-0.2, 0) is 19.1 Å². The van der Waals surface area contributed by atoms with Crippen LogP contribution in [0.25, 0.3) is 0 Å². The Kier molecular flexibility index (Phi) is 6.47. The smallest absolute Gasteiger partial charge is 0.311 e. The molecular weight excluding hydrogens is 452 g/mol. The number of ether oxygens (including phenoxy) is 1. The number of rotatable bonds is 4. The summed E-state index contributed by atoms with van der Waals surface area (Å²) in [6.45, 7) is 12.9. The van der Waals surface area contributed by atoms with Gasteiger partial charge in [0.1, 0.15) is 6.04 Å². The van der Waals surface area contributed by atoms with Crippen molar-refractivity contribution in [1.29, 1.82) is 0 Å². The van der Waals surface area contributed by atoms with Crippen LogP contribution < -0.4 is 0 Å². The van der Waals surface area contributed by atoms with Crippen LogP contribution in [0.2, 0.25) is 0 Å². The lowest BCUT2D eigenvalue weighted by atomic mass is 9.78. The fourth-order valence-electron chi connectivity index (χ4n) is 6.55. The van der Waals surface area contributed by atoms with Gasteiger partial charge in [0.2, 0.25) is 11.8 Å². The van der Waals surface area contributed by atoms with Gasteiger partial charge in [-0.25, -0.2) is 0 Å². The lowest BCUT2D eigenvalue weighted by Crippen LogP contribution is -2.60. The zero-order valence-electron chi connectivity index (χ0n) is 21.1. The summed E-state index contributed by atoms with van der Waals surface area (Å²) in [5.74, 6) is -2.09. The molecule has 2 saturated heterocycles. The number of aliphatic hydroxyl groups is 1. The molecule has 0 aromatic rings. The van der Waals surface area contributed by atoms with E-state index < -0.39 is 34.2 Å². The second-order valence-electron chi connectivity index (χ2n) is 11.9. The summed E-state index contributed by atoms with van der Waals surface area (Å²) in [4.78, 5) is 44.8. The molecule has 0 bridgehead atoms. The fraction of sp³-hybridized carbons (Fsp3) is 0.731. The van der Waals surface area contributed by atoms with Crippen LogP contribution in [0.15, 0.2) is 24.3 Å². The molecule has 188 valence electrons. The number of hydrogen-bond donors (Lipinski definition) is 1. The molecule has 7 nitrogen and oxygen atoms in total. The molecule has 4 heterocycles. The van der Waals surface area contributed by atoms with E-state index in [1.807, 2.05) is 29.2 Å². The van der Waals surface area contributed by atoms with Crippen molar-refractivity contribution in [2.75, 3.05) is 19.8 Å². The number of nitrogens with zero attached hydrogens (tertiary/aromatic N) is 2. The van der Waals surface area contributed by atoms with Gasteiger partial charge in [0.05, 0.1) is 35.8 Å². The minimum absolute atomic E-state index is 0.00565. The van der Waals surface area contributed by atoms with E-state index in [-0.39, 0.29) is 35.1 Å². The molecule has 8 heteroatoms. The summed E-state index contributed by atoms with van der Waals surface area (Å²) >= 11 is 1.54. The van der Waals surface area contributed by atoms with Crippen LogP contribution in [-0.4, -0.2) is 80.1 Å². The maximum atomic E-state index is 14.4. The second-order valence-corrected chi connectivity index (χ2v) is 13.4. The SMILES string of the molecule is C[C@H](CO)N1C(=O)[C@@H]2[C@H]3C(=O)OCCC=C[C@H]3S[C@@]23C=CCN(C(C)(C)CC(C)(C)C)C(=O)C13. The summed E-state index contributed by atoms with van der Waals surface area (Å²) in [6.07, 6.45) is 9.45. The number of cyclic esters (lactones) is 1. The van der Waals surface area contributed by atoms with Gasteiger partial charge in [0, 0.05) is 17.3 Å². The molecule has 0 aromatic heterocycles. The number of amides is 2. The highest BCUT2D eigenvalue weighted by Gasteiger charge is 2.71. The number of fused-ring (bicyclic) bond motifs is 2. The standard InChI is InChI=1S/C26H38N2O5S/c1-16(14-29)28-20-22(31)27(25(5,6)15-24(2,3)4)12-9-11-26(20)19(21(28)30)18-17(34-26)10-7-8-13-33-23(18)32/h7,9-11,16-20,29H,8,12-15H2,1-6H3/t16-,17-,18+,19+,20?,26+/m1/s1. The van der Waals surface area contributed by atoms with Crippen LogP contribution in [0.4, 0.5) is 0 Å². The highest BCUT2D eigenvalue weighted by molar-refractivity contribution is 8.02. The summed E-state index contributed by atoms with van der Waals surface area (Å²) in [7, 11) is 0. The van der Waals surface area contributed by atoms with Crippen LogP contribution in [0.1, 0.15) is 54.4 Å². The van der Waals surface area contributed by atoms with Gasteiger partial charge in [-0.05, 0) is 39.0 Å². The first-order valence-electron chi connectivity index (χ1n) is 12.3. The Morgan fingerprint density at radius 3 is 2.53 bits per heavy atom. The molecule has 1 N–H and O–H groups in total. The van der Waals surface area contributed by atoms with Gasteiger partial charge in [0.15, 0.2) is 0 Å². The topological polar surface area (TPSA) is 87.2 Å². The van der Waals surface area contributed by atoms with Crippen molar-refractivity contribution in [2.24, 2.45) is 17.3 Å². The first-order chi connectivity index (χ1) is 15.8. The average molecular weight is 491 g/mol. The van der Waals surface area contributed by atoms with Gasteiger partial charge < -0.3 is 19.6 Å². The lowest BCUT2D eigenvalue weighted by Gasteiger charge is -2.45. The third-order valence-corrected chi connectivity index (χ3v) is 9.24. The fourth-order valence-corrected chi connectivity index (χ4v) is 8.53. The summed E-state index contributed by atoms with van der Waals surface area (Å²) in [6, 6.07) is -1.33. The zero-order valence-corrected chi connectivity index (χ0v) is 21.9. The third-order valence-electron chi connectivity index (χ3n) is 7.49. The van der Waals surface area contributed by atoms with E-state index in [4.69, 9.17) is 4.74 Å². The molecule has 0 radical (unpaired) electrons. The predicted molar refractivity (Wildman–Crippen MR) is 132 cm³/mol. The molecule has 1 spiro atoms. The van der Waals surface area contributed by atoms with Gasteiger partial charge in [-0.2, -0.15) is 0 Å². The van der Waals surface area contributed by atoms with Crippen molar-refractivity contribution >= 4 is 29.5 Å². The van der Waals surface area contributed by atoms with Crippen LogP contribution in [0, 0.1) is 17.3 Å². The predicted octanol–water partition coefficient (Wildman–Crippen LogP) is 2.78. The van der Waals surface area contributed by atoms with E-state index in [0.29, 0.717) is 19.6 Å². The number of hydrogen-bond acceptors (Lipinski definition) is 6. The Hall–Kier alpha value is -1.80. The van der Waals surface area contributed by atoms with E-state index >= 15 is 0 Å². The van der Waals surface area contributed by atoms with Crippen molar-refractivity contribution < 1.29 is 24.2 Å². The first kappa shape index (κ1) is 25.3. The molecule has 2 fully saturated rings. The Labute approximate surface area is 206 Å². The highest BCUT2D eigenvalue weighted by atomic mass is 32.2. The van der Waals surface area contributed by atoms with E-state index in [1.54, 1.807) is 11.8 Å². The molecule has 4 aliphatic heterocycles. The summed E-state index contributed by atoms with van der Waals surface area (Å²) < 4.78 is 4.62. The molecule has 0 aliphatic carbocycles. The molecule has 34 heavy (non-hydrogen) atoms. The van der Waals surface area contributed by atoms with Gasteiger partial charge >= 0.3 is 5.97 Å². The molecule has 1 unspecified atom stereocenters. The van der Waals surface area contributed by atoms with Crippen LogP contribution in [0.5, 0.6) is 0 Å². The summed E-state index contributed by atoms with van der Waals surface area (Å²) in [5, 5.41) is 9.79. The number of likely N-dealkylation sites (tertiary alicyclic amines) is 1. The van der Waals surface area contributed by atoms with Crippen LogP contribution >= 0.6 is 11.8 Å².